The van der Waals surface area contributed by atoms with Crippen molar-refractivity contribution < 1.29 is 4.74 Å². The number of benzene rings is 1. The van der Waals surface area contributed by atoms with Crippen LogP contribution in [0.5, 0.6) is 5.75 Å². The molecule has 0 saturated carbocycles. The van der Waals surface area contributed by atoms with Crippen molar-refractivity contribution in [2.24, 2.45) is 5.73 Å². The van der Waals surface area contributed by atoms with E-state index < -0.39 is 0 Å². The Morgan fingerprint density at radius 3 is 3.07 bits per heavy atom. The van der Waals surface area contributed by atoms with Gasteiger partial charge in [-0.1, -0.05) is 18.2 Å². The first-order valence-electron chi connectivity index (χ1n) is 4.55. The molecule has 3 N–H and O–H groups in total. The van der Waals surface area contributed by atoms with Gasteiger partial charge in [0.2, 0.25) is 0 Å². The SMILES string of the molecule is NC(=S)N[C@@H]1CCOc2ccccc21. The summed E-state index contributed by atoms with van der Waals surface area (Å²) in [6.45, 7) is 0.706. The minimum absolute atomic E-state index is 0.192. The van der Waals surface area contributed by atoms with Crippen LogP contribution in [0, 0.1) is 0 Å². The molecule has 1 heterocycles. The average Bonchev–Trinajstić information content (AvgIpc) is 2.18. The van der Waals surface area contributed by atoms with Crippen LogP contribution >= 0.6 is 12.2 Å². The van der Waals surface area contributed by atoms with E-state index in [1.54, 1.807) is 0 Å². The van der Waals surface area contributed by atoms with Gasteiger partial charge in [-0.15, -0.1) is 0 Å². The minimum atomic E-state index is 0.192. The molecule has 2 rings (SSSR count). The van der Waals surface area contributed by atoms with E-state index in [1.165, 1.54) is 0 Å². The molecule has 4 heteroatoms. The van der Waals surface area contributed by atoms with E-state index >= 15 is 0 Å². The smallest absolute Gasteiger partial charge is 0.164 e. The quantitative estimate of drug-likeness (QED) is 0.684. The molecule has 1 aliphatic rings. The third kappa shape index (κ3) is 1.80. The maximum Gasteiger partial charge on any atom is 0.164 e. The summed E-state index contributed by atoms with van der Waals surface area (Å²) in [5.41, 5.74) is 6.59. The first-order valence-corrected chi connectivity index (χ1v) is 4.96. The van der Waals surface area contributed by atoms with Crippen LogP contribution in [0.2, 0.25) is 0 Å². The normalized spacial score (nSPS) is 19.3. The second-order valence-electron chi connectivity index (χ2n) is 3.24. The third-order valence-corrected chi connectivity index (χ3v) is 2.39. The zero-order valence-electron chi connectivity index (χ0n) is 7.69. The van der Waals surface area contributed by atoms with Crippen molar-refractivity contribution in [2.75, 3.05) is 6.61 Å². The van der Waals surface area contributed by atoms with Gasteiger partial charge in [-0.3, -0.25) is 0 Å². The Labute approximate surface area is 88.2 Å². The lowest BCUT2D eigenvalue weighted by atomic mass is 10.0. The molecule has 0 aliphatic carbocycles. The zero-order chi connectivity index (χ0) is 9.97. The van der Waals surface area contributed by atoms with Gasteiger partial charge in [-0.25, -0.2) is 0 Å². The predicted molar refractivity (Wildman–Crippen MR) is 59.2 cm³/mol. The largest absolute Gasteiger partial charge is 0.493 e. The van der Waals surface area contributed by atoms with E-state index in [0.29, 0.717) is 11.7 Å². The molecule has 0 radical (unpaired) electrons. The highest BCUT2D eigenvalue weighted by Gasteiger charge is 2.20. The molecule has 0 amide bonds. The van der Waals surface area contributed by atoms with Crippen LogP contribution in [0.25, 0.3) is 0 Å². The molecule has 3 nitrogen and oxygen atoms in total. The molecule has 0 spiro atoms. The molecule has 0 bridgehead atoms. The predicted octanol–water partition coefficient (Wildman–Crippen LogP) is 1.34. The van der Waals surface area contributed by atoms with Gasteiger partial charge in [0.25, 0.3) is 0 Å². The highest BCUT2D eigenvalue weighted by atomic mass is 32.1. The maximum absolute atomic E-state index is 5.51. The van der Waals surface area contributed by atoms with Crippen molar-refractivity contribution in [2.45, 2.75) is 12.5 Å². The van der Waals surface area contributed by atoms with Crippen LogP contribution < -0.4 is 15.8 Å². The molecular weight excluding hydrogens is 196 g/mol. The van der Waals surface area contributed by atoms with Gasteiger partial charge in [-0.2, -0.15) is 0 Å². The van der Waals surface area contributed by atoms with Crippen molar-refractivity contribution >= 4 is 17.3 Å². The van der Waals surface area contributed by atoms with Gasteiger partial charge in [0.1, 0.15) is 5.75 Å². The first kappa shape index (κ1) is 9.27. The summed E-state index contributed by atoms with van der Waals surface area (Å²) < 4.78 is 5.51. The second kappa shape index (κ2) is 3.84. The first-order chi connectivity index (χ1) is 6.77. The molecule has 1 aliphatic heterocycles. The Hall–Kier alpha value is -1.29. The number of hydrogen-bond donors (Lipinski definition) is 2. The third-order valence-electron chi connectivity index (χ3n) is 2.28. The lowest BCUT2D eigenvalue weighted by molar-refractivity contribution is 0.262. The van der Waals surface area contributed by atoms with Gasteiger partial charge < -0.3 is 15.8 Å². The van der Waals surface area contributed by atoms with E-state index in [0.717, 1.165) is 17.7 Å². The molecule has 14 heavy (non-hydrogen) atoms. The Kier molecular flexibility index (Phi) is 2.54. The number of fused-ring (bicyclic) bond motifs is 1. The van der Waals surface area contributed by atoms with Gasteiger partial charge in [0.15, 0.2) is 5.11 Å². The summed E-state index contributed by atoms with van der Waals surface area (Å²) >= 11 is 4.83. The summed E-state index contributed by atoms with van der Waals surface area (Å²) in [4.78, 5) is 0. The van der Waals surface area contributed by atoms with Gasteiger partial charge in [-0.05, 0) is 18.3 Å². The van der Waals surface area contributed by atoms with Crippen molar-refractivity contribution in [1.29, 1.82) is 0 Å². The molecule has 0 unspecified atom stereocenters. The molecular formula is C10H12N2OS. The summed E-state index contributed by atoms with van der Waals surface area (Å²) in [5.74, 6) is 0.924. The summed E-state index contributed by atoms with van der Waals surface area (Å²) in [7, 11) is 0. The average molecular weight is 208 g/mol. The van der Waals surface area contributed by atoms with Gasteiger partial charge in [0.05, 0.1) is 12.6 Å². The molecule has 0 fully saturated rings. The fourth-order valence-corrected chi connectivity index (χ4v) is 1.81. The topological polar surface area (TPSA) is 47.3 Å². The molecule has 1 atom stereocenters. The van der Waals surface area contributed by atoms with Crippen LogP contribution in [-0.2, 0) is 0 Å². The Morgan fingerprint density at radius 1 is 1.50 bits per heavy atom. The molecule has 74 valence electrons. The standard InChI is InChI=1S/C10H12N2OS/c11-10(14)12-8-5-6-13-9-4-2-1-3-7(8)9/h1-4,8H,5-6H2,(H3,11,12,14)/t8-/m1/s1. The van der Waals surface area contributed by atoms with Crippen LogP contribution in [0.3, 0.4) is 0 Å². The number of thiocarbonyl (C=S) groups is 1. The number of nitrogens with two attached hydrogens (primary N) is 1. The molecule has 0 aromatic heterocycles. The van der Waals surface area contributed by atoms with E-state index in [4.69, 9.17) is 22.7 Å². The minimum Gasteiger partial charge on any atom is -0.493 e. The van der Waals surface area contributed by atoms with Crippen LogP contribution in [0.15, 0.2) is 24.3 Å². The summed E-state index contributed by atoms with van der Waals surface area (Å²) in [6, 6.07) is 8.13. The van der Waals surface area contributed by atoms with Crippen LogP contribution in [0.4, 0.5) is 0 Å². The van der Waals surface area contributed by atoms with Crippen molar-refractivity contribution in [3.8, 4) is 5.75 Å². The molecule has 1 aromatic carbocycles. The van der Waals surface area contributed by atoms with E-state index in [1.807, 2.05) is 24.3 Å². The van der Waals surface area contributed by atoms with Crippen molar-refractivity contribution in [3.05, 3.63) is 29.8 Å². The Bertz CT molecular complexity index is 354. The van der Waals surface area contributed by atoms with Crippen molar-refractivity contribution in [3.63, 3.8) is 0 Å². The number of nitrogens with one attached hydrogen (secondary N) is 1. The van der Waals surface area contributed by atoms with Crippen LogP contribution in [0.1, 0.15) is 18.0 Å². The molecule has 1 aromatic rings. The molecule has 0 saturated heterocycles. The number of hydrogen-bond acceptors (Lipinski definition) is 2. The second-order valence-corrected chi connectivity index (χ2v) is 3.68. The highest BCUT2D eigenvalue weighted by molar-refractivity contribution is 7.80. The Balaban J connectivity index is 2.26. The zero-order valence-corrected chi connectivity index (χ0v) is 8.51. The van der Waals surface area contributed by atoms with Gasteiger partial charge in [0, 0.05) is 12.0 Å². The fourth-order valence-electron chi connectivity index (χ4n) is 1.66. The number of rotatable bonds is 1. The number of para-hydroxylation sites is 1. The number of ether oxygens (including phenoxy) is 1. The lowest BCUT2D eigenvalue weighted by Gasteiger charge is -2.26. The van der Waals surface area contributed by atoms with Crippen molar-refractivity contribution in [1.82, 2.24) is 5.32 Å². The highest BCUT2D eigenvalue weighted by Crippen LogP contribution is 2.31. The maximum atomic E-state index is 5.51. The lowest BCUT2D eigenvalue weighted by Crippen LogP contribution is -2.35. The monoisotopic (exact) mass is 208 g/mol. The summed E-state index contributed by atoms with van der Waals surface area (Å²) in [6.07, 6.45) is 0.897. The fraction of sp³-hybridized carbons (Fsp3) is 0.300. The van der Waals surface area contributed by atoms with Gasteiger partial charge >= 0.3 is 0 Å². The van der Waals surface area contributed by atoms with E-state index in [-0.39, 0.29) is 6.04 Å². The van der Waals surface area contributed by atoms with Crippen LogP contribution in [-0.4, -0.2) is 11.7 Å². The van der Waals surface area contributed by atoms with E-state index in [9.17, 15) is 0 Å². The van der Waals surface area contributed by atoms with E-state index in [2.05, 4.69) is 5.32 Å². The Morgan fingerprint density at radius 2 is 2.29 bits per heavy atom. The summed E-state index contributed by atoms with van der Waals surface area (Å²) in [5, 5.41) is 3.41.